The van der Waals surface area contributed by atoms with E-state index in [1.54, 1.807) is 12.1 Å². The lowest BCUT2D eigenvalue weighted by atomic mass is 10.1. The van der Waals surface area contributed by atoms with E-state index in [1.165, 1.54) is 6.20 Å². The molecule has 0 spiro atoms. The van der Waals surface area contributed by atoms with E-state index in [-0.39, 0.29) is 17.2 Å². The summed E-state index contributed by atoms with van der Waals surface area (Å²) in [4.78, 5) is 16.8. The zero-order chi connectivity index (χ0) is 21.6. The van der Waals surface area contributed by atoms with Crippen LogP contribution in [0.1, 0.15) is 33.5 Å². The Balaban J connectivity index is 1.60. The van der Waals surface area contributed by atoms with Crippen LogP contribution in [0.25, 0.3) is 0 Å². The molecule has 0 saturated heterocycles. The number of alkyl halides is 2. The molecule has 1 aromatic heterocycles. The van der Waals surface area contributed by atoms with Gasteiger partial charge in [-0.2, -0.15) is 0 Å². The lowest BCUT2D eigenvalue weighted by Gasteiger charge is -2.16. The quantitative estimate of drug-likeness (QED) is 0.464. The molecule has 1 amide bonds. The monoisotopic (exact) mass is 430 g/mol. The highest BCUT2D eigenvalue weighted by atomic mass is 32.2. The second-order valence-corrected chi connectivity index (χ2v) is 7.92. The van der Waals surface area contributed by atoms with Crippen molar-refractivity contribution in [1.82, 2.24) is 10.3 Å². The number of pyridine rings is 1. The van der Waals surface area contributed by atoms with Gasteiger partial charge in [0.2, 0.25) is 0 Å². The number of hydrogen-bond donors (Lipinski definition) is 1. The number of aromatic nitrogens is 1. The van der Waals surface area contributed by atoms with Crippen LogP contribution in [-0.2, 0) is 12.5 Å². The second kappa shape index (κ2) is 9.80. The Morgan fingerprint density at radius 3 is 2.60 bits per heavy atom. The van der Waals surface area contributed by atoms with Crippen molar-refractivity contribution in [2.45, 2.75) is 30.8 Å². The van der Waals surface area contributed by atoms with Crippen molar-refractivity contribution in [1.29, 1.82) is 0 Å². The number of carbonyl (C=O) groups is 1. The largest absolute Gasteiger partial charge is 0.348 e. The number of carbonyl (C=O) groups excluding carboxylic acids is 1. The van der Waals surface area contributed by atoms with E-state index in [9.17, 15) is 18.0 Å². The Kier molecular flexibility index (Phi) is 7.15. The molecular weight excluding hydrogens is 409 g/mol. The zero-order valence-electron chi connectivity index (χ0n) is 16.4. The predicted octanol–water partition coefficient (Wildman–Crippen LogP) is 5.73. The van der Waals surface area contributed by atoms with Crippen molar-refractivity contribution in [2.75, 3.05) is 5.75 Å². The van der Waals surface area contributed by atoms with E-state index in [4.69, 9.17) is 0 Å². The molecule has 2 aromatic carbocycles. The first kappa shape index (κ1) is 21.9. The molecule has 0 bridgehead atoms. The van der Waals surface area contributed by atoms with Gasteiger partial charge >= 0.3 is 0 Å². The molecule has 0 fully saturated rings. The third-order valence-electron chi connectivity index (χ3n) is 4.47. The summed E-state index contributed by atoms with van der Waals surface area (Å²) in [5.74, 6) is -3.90. The molecule has 0 atom stereocenters. The van der Waals surface area contributed by atoms with Gasteiger partial charge in [-0.3, -0.25) is 4.79 Å². The van der Waals surface area contributed by atoms with E-state index < -0.39 is 18.2 Å². The summed E-state index contributed by atoms with van der Waals surface area (Å²) >= 11 is 1.10. The van der Waals surface area contributed by atoms with E-state index in [0.717, 1.165) is 47.2 Å². The fraction of sp³-hybridized carbons (Fsp3) is 0.217. The fourth-order valence-corrected chi connectivity index (χ4v) is 3.90. The highest BCUT2D eigenvalue weighted by Crippen LogP contribution is 2.34. The minimum atomic E-state index is -3.09. The number of nitrogens with zero attached hydrogens (tertiary/aromatic N) is 1. The number of amides is 1. The van der Waals surface area contributed by atoms with Gasteiger partial charge in [-0.1, -0.05) is 42.0 Å². The molecule has 3 rings (SSSR count). The van der Waals surface area contributed by atoms with Gasteiger partial charge in [-0.05, 0) is 36.8 Å². The molecule has 156 valence electrons. The Morgan fingerprint density at radius 1 is 1.10 bits per heavy atom. The van der Waals surface area contributed by atoms with Crippen molar-refractivity contribution in [2.24, 2.45) is 0 Å². The molecule has 0 saturated carbocycles. The number of halogens is 3. The molecule has 1 heterocycles. The van der Waals surface area contributed by atoms with E-state index in [1.807, 2.05) is 31.2 Å². The Bertz CT molecular complexity index is 1010. The highest BCUT2D eigenvalue weighted by Gasteiger charge is 2.31. The van der Waals surface area contributed by atoms with E-state index in [2.05, 4.69) is 10.3 Å². The summed E-state index contributed by atoms with van der Waals surface area (Å²) in [5.41, 5.74) is 2.18. The normalized spacial score (nSPS) is 11.3. The number of nitrogens with one attached hydrogen (secondary N) is 1. The summed E-state index contributed by atoms with van der Waals surface area (Å²) in [6, 6.07) is 15.3. The Hall–Kier alpha value is -2.80. The van der Waals surface area contributed by atoms with Crippen molar-refractivity contribution < 1.29 is 18.0 Å². The molecule has 3 aromatic rings. The summed E-state index contributed by atoms with van der Waals surface area (Å²) in [6.45, 7) is 2.34. The van der Waals surface area contributed by atoms with Crippen LogP contribution < -0.4 is 5.32 Å². The number of benzene rings is 2. The van der Waals surface area contributed by atoms with Gasteiger partial charge in [-0.15, -0.1) is 11.8 Å². The first-order chi connectivity index (χ1) is 14.3. The zero-order valence-corrected chi connectivity index (χ0v) is 17.2. The molecule has 3 nitrogen and oxygen atoms in total. The predicted molar refractivity (Wildman–Crippen MR) is 112 cm³/mol. The van der Waals surface area contributed by atoms with Gasteiger partial charge in [0, 0.05) is 30.5 Å². The van der Waals surface area contributed by atoms with Crippen LogP contribution in [0.2, 0.25) is 0 Å². The second-order valence-electron chi connectivity index (χ2n) is 6.84. The van der Waals surface area contributed by atoms with Crippen LogP contribution in [0.15, 0.2) is 71.9 Å². The van der Waals surface area contributed by atoms with Crippen LogP contribution in [0, 0.1) is 12.7 Å². The standard InChI is InChI=1S/C23H21F3N2OS/c1-16-4-2-5-17(14-16)15-28-21(29)20-6-3-12-27-22(20)30-13-11-23(25,26)18-7-9-19(24)10-8-18/h2-10,12,14H,11,13,15H2,1H3,(H,28,29). The molecule has 30 heavy (non-hydrogen) atoms. The number of hydrogen-bond acceptors (Lipinski definition) is 3. The average Bonchev–Trinajstić information content (AvgIpc) is 2.73. The maximum Gasteiger partial charge on any atom is 0.274 e. The van der Waals surface area contributed by atoms with Gasteiger partial charge in [0.1, 0.15) is 10.8 Å². The SMILES string of the molecule is Cc1cccc(CNC(=O)c2cccnc2SCCC(F)(F)c2ccc(F)cc2)c1. The summed E-state index contributed by atoms with van der Waals surface area (Å²) in [5, 5.41) is 3.24. The molecule has 7 heteroatoms. The van der Waals surface area contributed by atoms with Crippen molar-refractivity contribution in [3.05, 3.63) is 94.9 Å². The lowest BCUT2D eigenvalue weighted by Crippen LogP contribution is -2.23. The van der Waals surface area contributed by atoms with E-state index >= 15 is 0 Å². The van der Waals surface area contributed by atoms with Crippen LogP contribution in [0.4, 0.5) is 13.2 Å². The maximum absolute atomic E-state index is 14.4. The van der Waals surface area contributed by atoms with Crippen molar-refractivity contribution >= 4 is 17.7 Å². The van der Waals surface area contributed by atoms with Gasteiger partial charge < -0.3 is 5.32 Å². The van der Waals surface area contributed by atoms with Gasteiger partial charge in [0.15, 0.2) is 0 Å². The number of thioether (sulfide) groups is 1. The molecule has 1 N–H and O–H groups in total. The maximum atomic E-state index is 14.4. The highest BCUT2D eigenvalue weighted by molar-refractivity contribution is 7.99. The third kappa shape index (κ3) is 5.86. The lowest BCUT2D eigenvalue weighted by molar-refractivity contribution is -0.00707. The van der Waals surface area contributed by atoms with Crippen LogP contribution >= 0.6 is 11.8 Å². The van der Waals surface area contributed by atoms with Crippen LogP contribution in [-0.4, -0.2) is 16.6 Å². The minimum absolute atomic E-state index is 0.0551. The van der Waals surface area contributed by atoms with Crippen LogP contribution in [0.3, 0.4) is 0 Å². The molecule has 0 aliphatic heterocycles. The van der Waals surface area contributed by atoms with Gasteiger partial charge in [0.25, 0.3) is 11.8 Å². The Morgan fingerprint density at radius 2 is 1.87 bits per heavy atom. The molecule has 0 unspecified atom stereocenters. The molecule has 0 aliphatic carbocycles. The molecule has 0 aliphatic rings. The van der Waals surface area contributed by atoms with Gasteiger partial charge in [0.05, 0.1) is 5.56 Å². The first-order valence-electron chi connectivity index (χ1n) is 9.40. The first-order valence-corrected chi connectivity index (χ1v) is 10.4. The van der Waals surface area contributed by atoms with Crippen molar-refractivity contribution in [3.63, 3.8) is 0 Å². The van der Waals surface area contributed by atoms with Crippen LogP contribution in [0.5, 0.6) is 0 Å². The molecule has 0 radical (unpaired) electrons. The molecular formula is C23H21F3N2OS. The minimum Gasteiger partial charge on any atom is -0.348 e. The average molecular weight is 430 g/mol. The third-order valence-corrected chi connectivity index (χ3v) is 5.48. The van der Waals surface area contributed by atoms with Crippen molar-refractivity contribution in [3.8, 4) is 0 Å². The number of aryl methyl sites for hydroxylation is 1. The van der Waals surface area contributed by atoms with Gasteiger partial charge in [-0.25, -0.2) is 18.2 Å². The summed E-state index contributed by atoms with van der Waals surface area (Å²) in [6.07, 6.45) is 1.07. The summed E-state index contributed by atoms with van der Waals surface area (Å²) < 4.78 is 41.7. The Labute approximate surface area is 177 Å². The fourth-order valence-electron chi connectivity index (χ4n) is 2.89. The summed E-state index contributed by atoms with van der Waals surface area (Å²) in [7, 11) is 0. The topological polar surface area (TPSA) is 42.0 Å². The van der Waals surface area contributed by atoms with E-state index in [0.29, 0.717) is 17.1 Å². The smallest absolute Gasteiger partial charge is 0.274 e. The number of rotatable bonds is 8.